The number of hydrogen-bond acceptors (Lipinski definition) is 5. The Labute approximate surface area is 130 Å². The molecule has 1 heterocycles. The molecular weight excluding hydrogens is 284 g/mol. The summed E-state index contributed by atoms with van der Waals surface area (Å²) < 4.78 is 10.6. The van der Waals surface area contributed by atoms with Crippen LogP contribution < -0.4 is 9.64 Å². The number of anilines is 1. The number of ether oxygens (including phenoxy) is 2. The van der Waals surface area contributed by atoms with Crippen LogP contribution in [0.2, 0.25) is 0 Å². The second-order valence-electron chi connectivity index (χ2n) is 5.20. The molecular formula is C16H22N2O4. The summed E-state index contributed by atoms with van der Waals surface area (Å²) in [5.74, 6) is 0.626. The summed E-state index contributed by atoms with van der Waals surface area (Å²) in [5, 5.41) is 12.4. The fourth-order valence-electron chi connectivity index (χ4n) is 2.58. The lowest BCUT2D eigenvalue weighted by Gasteiger charge is -2.30. The lowest BCUT2D eigenvalue weighted by molar-refractivity contribution is -0.121. The second-order valence-corrected chi connectivity index (χ2v) is 5.20. The summed E-state index contributed by atoms with van der Waals surface area (Å²) in [7, 11) is 1.64. The van der Waals surface area contributed by atoms with Gasteiger partial charge < -0.3 is 19.6 Å². The monoisotopic (exact) mass is 306 g/mol. The number of nitrogens with zero attached hydrogens (tertiary/aromatic N) is 2. The number of hydrogen-bond donors (Lipinski definition) is 1. The van der Waals surface area contributed by atoms with Gasteiger partial charge in [0.2, 0.25) is 0 Å². The Morgan fingerprint density at radius 1 is 1.50 bits per heavy atom. The smallest absolute Gasteiger partial charge is 0.265 e. The van der Waals surface area contributed by atoms with Crippen molar-refractivity contribution in [3.05, 3.63) is 23.3 Å². The van der Waals surface area contributed by atoms with Crippen LogP contribution in [0, 0.1) is 0 Å². The van der Waals surface area contributed by atoms with E-state index in [1.165, 1.54) is 0 Å². The molecule has 1 aromatic rings. The van der Waals surface area contributed by atoms with Gasteiger partial charge in [-0.2, -0.15) is 0 Å². The highest BCUT2D eigenvalue weighted by atomic mass is 16.5. The molecule has 6 nitrogen and oxygen atoms in total. The highest BCUT2D eigenvalue weighted by Crippen LogP contribution is 2.35. The Bertz CT molecular complexity index is 584. The summed E-state index contributed by atoms with van der Waals surface area (Å²) in [6.07, 6.45) is 1.54. The summed E-state index contributed by atoms with van der Waals surface area (Å²) >= 11 is 0. The van der Waals surface area contributed by atoms with Gasteiger partial charge in [-0.1, -0.05) is 12.1 Å². The summed E-state index contributed by atoms with van der Waals surface area (Å²) in [6.45, 7) is 4.98. The van der Waals surface area contributed by atoms with E-state index in [4.69, 9.17) is 14.7 Å². The average Bonchev–Trinajstić information content (AvgIpc) is 2.55. The third-order valence-corrected chi connectivity index (χ3v) is 3.78. The molecule has 2 rings (SSSR count). The van der Waals surface area contributed by atoms with Crippen LogP contribution in [0.3, 0.4) is 0 Å². The number of fused-ring (bicyclic) bond motifs is 1. The van der Waals surface area contributed by atoms with Gasteiger partial charge in [0.15, 0.2) is 6.61 Å². The minimum absolute atomic E-state index is 0.0511. The molecule has 0 bridgehead atoms. The average molecular weight is 306 g/mol. The van der Waals surface area contributed by atoms with Crippen molar-refractivity contribution < 1.29 is 19.5 Å². The number of benzene rings is 1. The van der Waals surface area contributed by atoms with Gasteiger partial charge in [0, 0.05) is 25.8 Å². The highest BCUT2D eigenvalue weighted by molar-refractivity contribution is 6.04. The molecule has 1 aromatic carbocycles. The maximum Gasteiger partial charge on any atom is 0.265 e. The van der Waals surface area contributed by atoms with Crippen LogP contribution >= 0.6 is 0 Å². The van der Waals surface area contributed by atoms with Crippen LogP contribution in [-0.4, -0.2) is 43.7 Å². The first-order valence-corrected chi connectivity index (χ1v) is 7.40. The van der Waals surface area contributed by atoms with E-state index in [-0.39, 0.29) is 12.5 Å². The van der Waals surface area contributed by atoms with Crippen molar-refractivity contribution in [1.82, 2.24) is 0 Å². The van der Waals surface area contributed by atoms with Gasteiger partial charge in [0.05, 0.1) is 11.4 Å². The Balaban J connectivity index is 2.42. The van der Waals surface area contributed by atoms with Crippen molar-refractivity contribution in [2.45, 2.75) is 26.7 Å². The minimum atomic E-state index is -0.0719. The number of carbonyl (C=O) groups is 1. The minimum Gasteiger partial charge on any atom is -0.482 e. The summed E-state index contributed by atoms with van der Waals surface area (Å²) in [4.78, 5) is 13.9. The Morgan fingerprint density at radius 2 is 2.27 bits per heavy atom. The topological polar surface area (TPSA) is 71.4 Å². The molecule has 1 aliphatic heterocycles. The molecule has 0 saturated carbocycles. The number of amides is 1. The van der Waals surface area contributed by atoms with Crippen LogP contribution in [0.15, 0.2) is 17.3 Å². The number of aryl methyl sites for hydroxylation is 1. The van der Waals surface area contributed by atoms with E-state index in [1.807, 2.05) is 19.1 Å². The van der Waals surface area contributed by atoms with Gasteiger partial charge >= 0.3 is 0 Å². The number of oxime groups is 1. The van der Waals surface area contributed by atoms with Crippen molar-refractivity contribution in [3.8, 4) is 5.75 Å². The molecule has 1 N–H and O–H groups in total. The third kappa shape index (κ3) is 3.22. The summed E-state index contributed by atoms with van der Waals surface area (Å²) in [5.41, 5.74) is 3.11. The molecule has 0 radical (unpaired) electrons. The van der Waals surface area contributed by atoms with Gasteiger partial charge in [-0.25, -0.2) is 0 Å². The Morgan fingerprint density at radius 3 is 2.91 bits per heavy atom. The zero-order chi connectivity index (χ0) is 16.1. The zero-order valence-corrected chi connectivity index (χ0v) is 13.3. The standard InChI is InChI=1S/C16H22N2O4/c1-4-12-8-15-14(9-13(12)11(2)17-20)18(6-5-7-21-3)16(19)10-22-15/h8-9,20H,4-7,10H2,1-3H3. The largest absolute Gasteiger partial charge is 0.482 e. The van der Waals surface area contributed by atoms with Crippen molar-refractivity contribution >= 4 is 17.3 Å². The molecule has 22 heavy (non-hydrogen) atoms. The van der Waals surface area contributed by atoms with E-state index >= 15 is 0 Å². The molecule has 0 fully saturated rings. The fraction of sp³-hybridized carbons (Fsp3) is 0.500. The molecule has 0 saturated heterocycles. The molecule has 0 spiro atoms. The Hall–Kier alpha value is -2.08. The molecule has 1 aliphatic rings. The normalized spacial score (nSPS) is 14.8. The third-order valence-electron chi connectivity index (χ3n) is 3.78. The predicted molar refractivity (Wildman–Crippen MR) is 84.2 cm³/mol. The molecule has 0 aromatic heterocycles. The molecule has 0 unspecified atom stereocenters. The maximum absolute atomic E-state index is 12.1. The zero-order valence-electron chi connectivity index (χ0n) is 13.3. The number of carbonyl (C=O) groups excluding carboxylic acids is 1. The van der Waals surface area contributed by atoms with Gasteiger partial charge in [0.1, 0.15) is 5.75 Å². The quantitative estimate of drug-likeness (QED) is 0.378. The SMILES string of the molecule is CCc1cc2c(cc1C(C)=NO)N(CCCOC)C(=O)CO2. The molecule has 0 aliphatic carbocycles. The molecule has 1 amide bonds. The second kappa shape index (κ2) is 7.26. The lowest BCUT2D eigenvalue weighted by Crippen LogP contribution is -2.40. The van der Waals surface area contributed by atoms with Crippen LogP contribution in [0.4, 0.5) is 5.69 Å². The predicted octanol–water partition coefficient (Wildman–Crippen LogP) is 2.21. The van der Waals surface area contributed by atoms with Gasteiger partial charge in [0.25, 0.3) is 5.91 Å². The molecule has 120 valence electrons. The summed E-state index contributed by atoms with van der Waals surface area (Å²) in [6, 6.07) is 3.79. The van der Waals surface area contributed by atoms with Gasteiger partial charge in [-0.3, -0.25) is 4.79 Å². The van der Waals surface area contributed by atoms with Gasteiger partial charge in [-0.05, 0) is 37.5 Å². The maximum atomic E-state index is 12.1. The highest BCUT2D eigenvalue weighted by Gasteiger charge is 2.26. The number of methoxy groups -OCH3 is 1. The van der Waals surface area contributed by atoms with E-state index in [0.29, 0.717) is 24.6 Å². The first-order valence-electron chi connectivity index (χ1n) is 7.40. The van der Waals surface area contributed by atoms with E-state index in [9.17, 15) is 4.79 Å². The first-order chi connectivity index (χ1) is 10.6. The van der Waals surface area contributed by atoms with Crippen LogP contribution in [0.5, 0.6) is 5.75 Å². The first kappa shape index (κ1) is 16.3. The molecule has 6 heteroatoms. The van der Waals surface area contributed by atoms with E-state index in [0.717, 1.165) is 29.7 Å². The van der Waals surface area contributed by atoms with Crippen LogP contribution in [0.25, 0.3) is 0 Å². The van der Waals surface area contributed by atoms with Crippen LogP contribution in [0.1, 0.15) is 31.4 Å². The van der Waals surface area contributed by atoms with Gasteiger partial charge in [-0.15, -0.1) is 0 Å². The van der Waals surface area contributed by atoms with Crippen molar-refractivity contribution in [3.63, 3.8) is 0 Å². The fourth-order valence-corrected chi connectivity index (χ4v) is 2.58. The van der Waals surface area contributed by atoms with E-state index in [2.05, 4.69) is 5.16 Å². The van der Waals surface area contributed by atoms with Crippen molar-refractivity contribution in [2.24, 2.45) is 5.16 Å². The van der Waals surface area contributed by atoms with Crippen molar-refractivity contribution in [2.75, 3.05) is 31.8 Å². The number of rotatable bonds is 6. The van der Waals surface area contributed by atoms with E-state index < -0.39 is 0 Å². The van der Waals surface area contributed by atoms with Crippen LogP contribution in [-0.2, 0) is 16.0 Å². The van der Waals surface area contributed by atoms with Crippen molar-refractivity contribution in [1.29, 1.82) is 0 Å². The Kier molecular flexibility index (Phi) is 5.38. The van der Waals surface area contributed by atoms with E-state index in [1.54, 1.807) is 18.9 Å². The molecule has 0 atom stereocenters. The lowest BCUT2D eigenvalue weighted by atomic mass is 9.99.